The third kappa shape index (κ3) is 8.86. The van der Waals surface area contributed by atoms with Crippen LogP contribution in [0.3, 0.4) is 0 Å². The van der Waals surface area contributed by atoms with Crippen molar-refractivity contribution >= 4 is 5.97 Å². The predicted octanol–water partition coefficient (Wildman–Crippen LogP) is 8.69. The molecule has 1 aliphatic rings. The lowest BCUT2D eigenvalue weighted by atomic mass is 9.79. The highest BCUT2D eigenvalue weighted by atomic mass is 16.5. The Morgan fingerprint density at radius 3 is 2.13 bits per heavy atom. The van der Waals surface area contributed by atoms with Gasteiger partial charge in [-0.1, -0.05) is 88.7 Å². The zero-order chi connectivity index (χ0) is 32.4. The molecule has 0 atom stereocenters. The molecule has 0 aliphatic heterocycles. The maximum Gasteiger partial charge on any atom is 0.333 e. The molecule has 45 heavy (non-hydrogen) atoms. The van der Waals surface area contributed by atoms with Crippen molar-refractivity contribution in [2.45, 2.75) is 85.0 Å². The molecule has 0 unspecified atom stereocenters. The van der Waals surface area contributed by atoms with E-state index in [1.54, 1.807) is 6.92 Å². The van der Waals surface area contributed by atoms with Crippen LogP contribution in [-0.4, -0.2) is 42.6 Å². The van der Waals surface area contributed by atoms with Crippen molar-refractivity contribution in [3.8, 4) is 28.0 Å². The normalized spacial score (nSPS) is 16.8. The molecule has 0 spiro atoms. The fourth-order valence-corrected chi connectivity index (χ4v) is 6.33. The van der Waals surface area contributed by atoms with Crippen LogP contribution in [0.25, 0.3) is 22.3 Å². The molecule has 0 radical (unpaired) electrons. The summed E-state index contributed by atoms with van der Waals surface area (Å²) in [7, 11) is 0. The molecule has 3 aromatic rings. The van der Waals surface area contributed by atoms with Crippen LogP contribution in [0.2, 0.25) is 0 Å². The molecule has 1 fully saturated rings. The maximum atomic E-state index is 12.0. The Morgan fingerprint density at radius 2 is 1.51 bits per heavy atom. The third-order valence-electron chi connectivity index (χ3n) is 9.85. The Labute approximate surface area is 270 Å². The number of aryl methyl sites for hydroxylation is 1. The fourth-order valence-electron chi connectivity index (χ4n) is 6.33. The van der Waals surface area contributed by atoms with Crippen molar-refractivity contribution in [1.29, 1.82) is 0 Å². The number of hydrogen-bond acceptors (Lipinski definition) is 5. The molecule has 0 aromatic heterocycles. The molecule has 1 aliphatic carbocycles. The van der Waals surface area contributed by atoms with Crippen molar-refractivity contribution < 1.29 is 24.5 Å². The number of carbonyl (C=O) groups excluding carboxylic acids is 1. The van der Waals surface area contributed by atoms with E-state index in [-0.39, 0.29) is 19.8 Å². The highest BCUT2D eigenvalue weighted by Crippen LogP contribution is 2.37. The number of aliphatic hydroxyl groups is 2. The van der Waals surface area contributed by atoms with E-state index < -0.39 is 11.4 Å². The predicted molar refractivity (Wildman–Crippen MR) is 184 cm³/mol. The molecule has 5 heteroatoms. The second kappa shape index (κ2) is 16.2. The first-order chi connectivity index (χ1) is 21.7. The van der Waals surface area contributed by atoms with Crippen molar-refractivity contribution in [2.24, 2.45) is 11.3 Å². The van der Waals surface area contributed by atoms with Crippen LogP contribution >= 0.6 is 0 Å². The molecule has 0 amide bonds. The quantitative estimate of drug-likeness (QED) is 0.133. The molecule has 2 N–H and O–H groups in total. The minimum Gasteiger partial charge on any atom is -0.493 e. The number of esters is 1. The van der Waals surface area contributed by atoms with Gasteiger partial charge in [0.25, 0.3) is 0 Å². The lowest BCUT2D eigenvalue weighted by molar-refractivity contribution is -0.138. The summed E-state index contributed by atoms with van der Waals surface area (Å²) in [4.78, 5) is 12.0. The van der Waals surface area contributed by atoms with Gasteiger partial charge in [-0.3, -0.25) is 0 Å². The van der Waals surface area contributed by atoms with Gasteiger partial charge in [-0.05, 0) is 102 Å². The largest absolute Gasteiger partial charge is 0.493 e. The van der Waals surface area contributed by atoms with Crippen LogP contribution in [0, 0.1) is 11.3 Å². The number of ether oxygens (including phenoxy) is 2. The second-order valence-electron chi connectivity index (χ2n) is 13.1. The maximum absolute atomic E-state index is 12.0. The van der Waals surface area contributed by atoms with Crippen molar-refractivity contribution in [2.75, 3.05) is 26.4 Å². The first-order valence-corrected chi connectivity index (χ1v) is 16.8. The van der Waals surface area contributed by atoms with Gasteiger partial charge in [-0.2, -0.15) is 0 Å². The minimum absolute atomic E-state index is 0.0915. The van der Waals surface area contributed by atoms with Gasteiger partial charge in [0.15, 0.2) is 0 Å². The molecule has 1 saturated carbocycles. The van der Waals surface area contributed by atoms with Gasteiger partial charge in [0.2, 0.25) is 0 Å². The highest BCUT2D eigenvalue weighted by molar-refractivity contribution is 5.86. The monoisotopic (exact) mass is 612 g/mol. The van der Waals surface area contributed by atoms with E-state index in [1.807, 2.05) is 13.0 Å². The summed E-state index contributed by atoms with van der Waals surface area (Å²) in [5.41, 5.74) is 8.20. The van der Waals surface area contributed by atoms with Crippen LogP contribution in [0.15, 0.2) is 72.8 Å². The first kappa shape index (κ1) is 34.5. The average Bonchev–Trinajstić information content (AvgIpc) is 3.07. The van der Waals surface area contributed by atoms with E-state index in [1.165, 1.54) is 53.5 Å². The van der Waals surface area contributed by atoms with Crippen molar-refractivity contribution in [3.63, 3.8) is 0 Å². The molecular formula is C40H52O5. The number of aliphatic hydroxyl groups excluding tert-OH is 2. The molecule has 3 aromatic carbocycles. The van der Waals surface area contributed by atoms with Gasteiger partial charge in [0.1, 0.15) is 5.75 Å². The van der Waals surface area contributed by atoms with Crippen LogP contribution in [0.1, 0.15) is 88.8 Å². The Morgan fingerprint density at radius 1 is 0.867 bits per heavy atom. The number of hydrogen-bond donors (Lipinski definition) is 2. The van der Waals surface area contributed by atoms with Crippen LogP contribution in [0.4, 0.5) is 0 Å². The Bertz CT molecular complexity index is 1400. The Balaban J connectivity index is 1.56. The smallest absolute Gasteiger partial charge is 0.333 e. The lowest BCUT2D eigenvalue weighted by Crippen LogP contribution is -2.31. The zero-order valence-electron chi connectivity index (χ0n) is 27.7. The Kier molecular flexibility index (Phi) is 12.4. The topological polar surface area (TPSA) is 76.0 Å². The summed E-state index contributed by atoms with van der Waals surface area (Å²) in [5, 5.41) is 19.7. The molecule has 4 rings (SSSR count). The van der Waals surface area contributed by atoms with Crippen LogP contribution in [0.5, 0.6) is 5.75 Å². The van der Waals surface area contributed by atoms with E-state index in [0.717, 1.165) is 23.5 Å². The summed E-state index contributed by atoms with van der Waals surface area (Å²) in [5.74, 6) is 1.86. The summed E-state index contributed by atoms with van der Waals surface area (Å²) in [6, 6.07) is 22.1. The standard InChI is InChI=1S/C40H52O5/c1-6-30-24-34(33-14-12-32(13-15-33)31-10-8-29(5)9-11-31)16-18-37(30)35-17-19-38(44-23-21-40(7-2,26-41)27-42)36(25-35)20-22-45-39(43)28(3)4/h12-19,24-25,29,31,41-42H,3,6-11,20-23,26-27H2,1-2,4-5H3. The minimum atomic E-state index is -0.566. The van der Waals surface area contributed by atoms with Gasteiger partial charge >= 0.3 is 5.97 Å². The third-order valence-corrected chi connectivity index (χ3v) is 9.85. The summed E-state index contributed by atoms with van der Waals surface area (Å²) < 4.78 is 11.6. The molecular weight excluding hydrogens is 560 g/mol. The number of benzene rings is 3. The molecule has 5 nitrogen and oxygen atoms in total. The summed E-state index contributed by atoms with van der Waals surface area (Å²) in [6.07, 6.45) is 7.82. The van der Waals surface area contributed by atoms with Gasteiger partial charge in [0, 0.05) is 17.4 Å². The lowest BCUT2D eigenvalue weighted by Gasteiger charge is -2.28. The molecule has 0 heterocycles. The first-order valence-electron chi connectivity index (χ1n) is 16.8. The van der Waals surface area contributed by atoms with E-state index in [0.29, 0.717) is 43.1 Å². The van der Waals surface area contributed by atoms with Gasteiger partial charge in [-0.15, -0.1) is 0 Å². The second-order valence-corrected chi connectivity index (χ2v) is 13.1. The number of carbonyl (C=O) groups is 1. The van der Waals surface area contributed by atoms with Crippen LogP contribution in [-0.2, 0) is 22.4 Å². The van der Waals surface area contributed by atoms with Crippen LogP contribution < -0.4 is 4.74 Å². The summed E-state index contributed by atoms with van der Waals surface area (Å²) >= 11 is 0. The van der Waals surface area contributed by atoms with Crippen molar-refractivity contribution in [1.82, 2.24) is 0 Å². The van der Waals surface area contributed by atoms with E-state index in [4.69, 9.17) is 9.47 Å². The fraction of sp³-hybridized carbons (Fsp3) is 0.475. The highest BCUT2D eigenvalue weighted by Gasteiger charge is 2.27. The van der Waals surface area contributed by atoms with E-state index in [2.05, 4.69) is 75.0 Å². The molecule has 0 saturated heterocycles. The zero-order valence-corrected chi connectivity index (χ0v) is 27.7. The van der Waals surface area contributed by atoms with Gasteiger partial charge in [0.05, 0.1) is 26.4 Å². The summed E-state index contributed by atoms with van der Waals surface area (Å²) in [6.45, 7) is 12.2. The van der Waals surface area contributed by atoms with Gasteiger partial charge < -0.3 is 19.7 Å². The van der Waals surface area contributed by atoms with E-state index in [9.17, 15) is 15.0 Å². The Hall–Kier alpha value is -3.41. The van der Waals surface area contributed by atoms with Gasteiger partial charge in [-0.25, -0.2) is 4.79 Å². The van der Waals surface area contributed by atoms with E-state index >= 15 is 0 Å². The molecule has 242 valence electrons. The average molecular weight is 613 g/mol. The SMILES string of the molecule is C=C(C)C(=O)OCCc1cc(-c2ccc(-c3ccc(C4CCC(C)CC4)cc3)cc2CC)ccc1OCCC(CC)(CO)CO. The molecule has 0 bridgehead atoms. The number of rotatable bonds is 15. The van der Waals surface area contributed by atoms with Crippen molar-refractivity contribution in [3.05, 3.63) is 89.5 Å².